The highest BCUT2D eigenvalue weighted by atomic mass is 16.5. The van der Waals surface area contributed by atoms with E-state index in [0.717, 1.165) is 43.9 Å². The second-order valence-corrected chi connectivity index (χ2v) is 12.8. The normalized spacial score (nSPS) is 28.3. The van der Waals surface area contributed by atoms with Crippen molar-refractivity contribution in [2.75, 3.05) is 55.5 Å². The summed E-state index contributed by atoms with van der Waals surface area (Å²) in [7, 11) is 12.0. The third-order valence-electron chi connectivity index (χ3n) is 9.21. The average Bonchev–Trinajstić information content (AvgIpc) is 3.10. The van der Waals surface area contributed by atoms with Crippen molar-refractivity contribution in [2.24, 2.45) is 17.3 Å². The maximum atomic E-state index is 11.9. The Balaban J connectivity index is 1.71. The SMILES string of the molecule is COc1ccc(CCN(C)C)cc1[C@H]1C[C@@](C)(O)[C@H]2[C@@H]1C(C)(C)[C@@H]2c1cc(CCN(C)C)ccc1OC. The molecule has 1 N–H and O–H groups in total. The minimum absolute atomic E-state index is 0.00786. The van der Waals surface area contributed by atoms with Crippen molar-refractivity contribution in [1.29, 1.82) is 0 Å². The summed E-state index contributed by atoms with van der Waals surface area (Å²) < 4.78 is 11.8. The van der Waals surface area contributed by atoms with Crippen molar-refractivity contribution in [2.45, 2.75) is 57.5 Å². The zero-order valence-corrected chi connectivity index (χ0v) is 24.5. The van der Waals surface area contributed by atoms with Crippen molar-refractivity contribution < 1.29 is 14.6 Å². The van der Waals surface area contributed by atoms with Crippen LogP contribution in [-0.2, 0) is 12.8 Å². The number of hydrogen-bond donors (Lipinski definition) is 1. The van der Waals surface area contributed by atoms with Gasteiger partial charge < -0.3 is 24.4 Å². The van der Waals surface area contributed by atoms with Crippen LogP contribution in [0, 0.1) is 17.3 Å². The van der Waals surface area contributed by atoms with Crippen molar-refractivity contribution in [3.05, 3.63) is 58.7 Å². The molecule has 4 rings (SSSR count). The number of hydrogen-bond acceptors (Lipinski definition) is 5. The van der Waals surface area contributed by atoms with E-state index in [4.69, 9.17) is 9.47 Å². The third-order valence-corrected chi connectivity index (χ3v) is 9.21. The third kappa shape index (κ3) is 5.28. The molecule has 0 aliphatic heterocycles. The van der Waals surface area contributed by atoms with E-state index in [1.807, 2.05) is 0 Å². The van der Waals surface area contributed by atoms with Crippen LogP contribution in [0.2, 0.25) is 0 Å². The molecule has 0 saturated heterocycles. The summed E-state index contributed by atoms with van der Waals surface area (Å²) in [5.41, 5.74) is 4.41. The number of rotatable bonds is 10. The number of methoxy groups -OCH3 is 2. The highest BCUT2D eigenvalue weighted by Gasteiger charge is 2.69. The topological polar surface area (TPSA) is 45.2 Å². The van der Waals surface area contributed by atoms with Gasteiger partial charge in [0, 0.05) is 13.1 Å². The van der Waals surface area contributed by atoms with Crippen LogP contribution in [0.5, 0.6) is 11.5 Å². The fraction of sp³-hybridized carbons (Fsp3) is 0.625. The van der Waals surface area contributed by atoms with Gasteiger partial charge in [-0.05, 0) is 118 Å². The van der Waals surface area contributed by atoms with E-state index in [1.165, 1.54) is 22.3 Å². The van der Waals surface area contributed by atoms with Crippen molar-refractivity contribution in [3.63, 3.8) is 0 Å². The zero-order chi connectivity index (χ0) is 27.1. The summed E-state index contributed by atoms with van der Waals surface area (Å²) in [6, 6.07) is 13.3. The van der Waals surface area contributed by atoms with Crippen molar-refractivity contribution in [1.82, 2.24) is 9.80 Å². The Bertz CT molecular complexity index is 1090. The van der Waals surface area contributed by atoms with Gasteiger partial charge in [-0.25, -0.2) is 0 Å². The predicted molar refractivity (Wildman–Crippen MR) is 152 cm³/mol. The van der Waals surface area contributed by atoms with Crippen molar-refractivity contribution >= 4 is 0 Å². The standard InChI is InChI=1S/C32H48N2O3/c1-31(2)28(24-19-22(15-17-34(6)7)11-13-27(24)37-9)30-29(31)25(20-32(30,3)35)23-18-21(14-16-33(4)5)10-12-26(23)36-8/h10-13,18-19,25,28-30,35H,14-17,20H2,1-9H3/t25-,28-,29-,30-,32-/m1/s1. The van der Waals surface area contributed by atoms with Gasteiger partial charge >= 0.3 is 0 Å². The summed E-state index contributed by atoms with van der Waals surface area (Å²) >= 11 is 0. The molecule has 2 aliphatic carbocycles. The smallest absolute Gasteiger partial charge is 0.122 e. The molecule has 0 amide bonds. The number of benzene rings is 2. The van der Waals surface area contributed by atoms with Crippen LogP contribution in [0.15, 0.2) is 36.4 Å². The first-order chi connectivity index (χ1) is 17.4. The lowest BCUT2D eigenvalue weighted by Crippen LogP contribution is -2.56. The molecule has 204 valence electrons. The van der Waals surface area contributed by atoms with Crippen molar-refractivity contribution in [3.8, 4) is 11.5 Å². The Kier molecular flexibility index (Phi) is 8.00. The van der Waals surface area contributed by atoms with Gasteiger partial charge in [0.25, 0.3) is 0 Å². The molecule has 37 heavy (non-hydrogen) atoms. The molecular weight excluding hydrogens is 460 g/mol. The zero-order valence-electron chi connectivity index (χ0n) is 24.5. The molecule has 2 fully saturated rings. The highest BCUT2D eigenvalue weighted by molar-refractivity contribution is 5.48. The molecule has 0 spiro atoms. The van der Waals surface area contributed by atoms with E-state index in [-0.39, 0.29) is 23.2 Å². The van der Waals surface area contributed by atoms with E-state index in [2.05, 4.69) is 95.2 Å². The molecule has 2 aromatic carbocycles. The molecular formula is C32H48N2O3. The van der Waals surface area contributed by atoms with Gasteiger partial charge in [-0.15, -0.1) is 0 Å². The van der Waals surface area contributed by atoms with Crippen LogP contribution in [0.3, 0.4) is 0 Å². The van der Waals surface area contributed by atoms with Gasteiger partial charge in [0.05, 0.1) is 19.8 Å². The number of aliphatic hydroxyl groups is 1. The molecule has 0 aromatic heterocycles. The van der Waals surface area contributed by atoms with Crippen LogP contribution < -0.4 is 9.47 Å². The monoisotopic (exact) mass is 508 g/mol. The summed E-state index contributed by atoms with van der Waals surface area (Å²) in [5, 5.41) is 11.9. The van der Waals surface area contributed by atoms with Crippen LogP contribution in [0.1, 0.15) is 61.3 Å². The number of nitrogens with zero attached hydrogens (tertiary/aromatic N) is 2. The molecule has 5 atom stereocenters. The van der Waals surface area contributed by atoms with E-state index in [9.17, 15) is 5.11 Å². The van der Waals surface area contributed by atoms with E-state index in [1.54, 1.807) is 14.2 Å². The largest absolute Gasteiger partial charge is 0.496 e. The van der Waals surface area contributed by atoms with E-state index >= 15 is 0 Å². The maximum Gasteiger partial charge on any atom is 0.122 e. The van der Waals surface area contributed by atoms with Crippen LogP contribution in [0.4, 0.5) is 0 Å². The molecule has 5 nitrogen and oxygen atoms in total. The summed E-state index contributed by atoms with van der Waals surface area (Å²) in [4.78, 5) is 4.44. The lowest BCUT2D eigenvalue weighted by Gasteiger charge is -2.60. The summed E-state index contributed by atoms with van der Waals surface area (Å²) in [5.74, 6) is 2.89. The van der Waals surface area contributed by atoms with Gasteiger partial charge in [0.1, 0.15) is 11.5 Å². The number of fused-ring (bicyclic) bond motifs is 1. The first-order valence-electron chi connectivity index (χ1n) is 13.8. The molecule has 2 aromatic rings. The Morgan fingerprint density at radius 2 is 1.27 bits per heavy atom. The predicted octanol–water partition coefficient (Wildman–Crippen LogP) is 5.21. The highest BCUT2D eigenvalue weighted by Crippen LogP contribution is 2.74. The molecule has 0 bridgehead atoms. The minimum Gasteiger partial charge on any atom is -0.496 e. The van der Waals surface area contributed by atoms with Gasteiger partial charge in [0.2, 0.25) is 0 Å². The van der Waals surface area contributed by atoms with Crippen LogP contribution in [-0.4, -0.2) is 76.0 Å². The first kappa shape index (κ1) is 27.9. The average molecular weight is 509 g/mol. The summed E-state index contributed by atoms with van der Waals surface area (Å²) in [6.45, 7) is 8.86. The lowest BCUT2D eigenvalue weighted by atomic mass is 9.44. The quantitative estimate of drug-likeness (QED) is 0.478. The fourth-order valence-electron chi connectivity index (χ4n) is 7.46. The molecule has 0 heterocycles. The molecule has 2 aliphatic rings. The Morgan fingerprint density at radius 1 is 0.784 bits per heavy atom. The summed E-state index contributed by atoms with van der Waals surface area (Å²) in [6.07, 6.45) is 2.75. The maximum absolute atomic E-state index is 11.9. The Labute approximate surface area is 224 Å². The molecule has 0 unspecified atom stereocenters. The van der Waals surface area contributed by atoms with E-state index in [0.29, 0.717) is 5.92 Å². The van der Waals surface area contributed by atoms with Crippen LogP contribution in [0.25, 0.3) is 0 Å². The van der Waals surface area contributed by atoms with Gasteiger partial charge in [0.15, 0.2) is 0 Å². The van der Waals surface area contributed by atoms with Gasteiger partial charge in [-0.1, -0.05) is 38.1 Å². The molecule has 5 heteroatoms. The second-order valence-electron chi connectivity index (χ2n) is 12.8. The molecule has 0 radical (unpaired) electrons. The Morgan fingerprint density at radius 3 is 1.76 bits per heavy atom. The first-order valence-corrected chi connectivity index (χ1v) is 13.8. The molecule has 2 saturated carbocycles. The minimum atomic E-state index is -0.759. The fourth-order valence-corrected chi connectivity index (χ4v) is 7.46. The van der Waals surface area contributed by atoms with E-state index < -0.39 is 5.60 Å². The second kappa shape index (κ2) is 10.6. The lowest BCUT2D eigenvalue weighted by molar-refractivity contribution is -0.117. The number of likely N-dealkylation sites (N-methyl/N-ethyl adjacent to an activating group) is 2. The van der Waals surface area contributed by atoms with Gasteiger partial charge in [-0.2, -0.15) is 0 Å². The number of ether oxygens (including phenoxy) is 2. The Hall–Kier alpha value is -2.08. The van der Waals surface area contributed by atoms with Crippen LogP contribution >= 0.6 is 0 Å². The van der Waals surface area contributed by atoms with Gasteiger partial charge in [-0.3, -0.25) is 0 Å².